The predicted molar refractivity (Wildman–Crippen MR) is 123 cm³/mol. The van der Waals surface area contributed by atoms with Gasteiger partial charge >= 0.3 is 6.09 Å². The number of pyridine rings is 1. The van der Waals surface area contributed by atoms with Crippen LogP contribution in [0.15, 0.2) is 53.8 Å². The maximum Gasteiger partial charge on any atom is 0.419 e. The highest BCUT2D eigenvalue weighted by atomic mass is 32.2. The van der Waals surface area contributed by atoms with Gasteiger partial charge in [0, 0.05) is 34.4 Å². The van der Waals surface area contributed by atoms with Crippen molar-refractivity contribution in [3.05, 3.63) is 76.2 Å². The number of nitrogens with zero attached hydrogens (tertiary/aromatic N) is 2. The third-order valence-electron chi connectivity index (χ3n) is 5.00. The molecule has 0 aliphatic carbocycles. The number of allylic oxidation sites excluding steroid dienone is 1. The van der Waals surface area contributed by atoms with E-state index in [1.54, 1.807) is 19.3 Å². The summed E-state index contributed by atoms with van der Waals surface area (Å²) < 4.78 is 7.10. The van der Waals surface area contributed by atoms with Gasteiger partial charge < -0.3 is 10.1 Å². The topological polar surface area (TPSA) is 73.2 Å². The van der Waals surface area contributed by atoms with E-state index in [-0.39, 0.29) is 11.2 Å². The van der Waals surface area contributed by atoms with Gasteiger partial charge in [-0.15, -0.1) is 11.8 Å². The number of thioether (sulfide) groups is 1. The summed E-state index contributed by atoms with van der Waals surface area (Å²) in [6.45, 7) is 9.23. The van der Waals surface area contributed by atoms with E-state index in [0.717, 1.165) is 16.5 Å². The van der Waals surface area contributed by atoms with Crippen molar-refractivity contribution in [2.24, 2.45) is 0 Å². The van der Waals surface area contributed by atoms with Gasteiger partial charge in [-0.05, 0) is 52.8 Å². The Morgan fingerprint density at radius 1 is 1.19 bits per heavy atom. The lowest BCUT2D eigenvalue weighted by Crippen LogP contribution is -2.28. The van der Waals surface area contributed by atoms with Crippen LogP contribution in [0.2, 0.25) is 0 Å². The number of Topliss-reactive ketones (excluding diaryl/α,β-unsaturated/α-hetero) is 1. The highest BCUT2D eigenvalue weighted by molar-refractivity contribution is 8.02. The Labute approximate surface area is 185 Å². The van der Waals surface area contributed by atoms with Gasteiger partial charge in [-0.1, -0.05) is 17.7 Å². The first-order chi connectivity index (χ1) is 14.7. The van der Waals surface area contributed by atoms with Gasteiger partial charge in [0.2, 0.25) is 5.78 Å². The molecule has 0 spiro atoms. The number of carbonyl (C=O) groups excluding carboxylic acids is 2. The summed E-state index contributed by atoms with van der Waals surface area (Å²) in [4.78, 5) is 30.7. The summed E-state index contributed by atoms with van der Waals surface area (Å²) >= 11 is 1.53. The summed E-state index contributed by atoms with van der Waals surface area (Å²) in [6, 6.07) is 9.58. The lowest BCUT2D eigenvalue weighted by molar-refractivity contribution is 0.0541. The smallest absolute Gasteiger partial charge is 0.419 e. The number of carbonyl (C=O) groups is 2. The fourth-order valence-electron chi connectivity index (χ4n) is 3.65. The van der Waals surface area contributed by atoms with Gasteiger partial charge in [0.1, 0.15) is 11.0 Å². The molecule has 1 atom stereocenters. The number of aromatic nitrogens is 2. The van der Waals surface area contributed by atoms with Crippen LogP contribution < -0.4 is 5.32 Å². The summed E-state index contributed by atoms with van der Waals surface area (Å²) in [5.74, 6) is -0.144. The van der Waals surface area contributed by atoms with E-state index in [0.29, 0.717) is 22.5 Å². The summed E-state index contributed by atoms with van der Waals surface area (Å²) in [5, 5.41) is 5.80. The first-order valence-corrected chi connectivity index (χ1v) is 11.0. The van der Waals surface area contributed by atoms with Crippen LogP contribution in [0.5, 0.6) is 0 Å². The first-order valence-electron chi connectivity index (χ1n) is 10.1. The highest BCUT2D eigenvalue weighted by Crippen LogP contribution is 2.36. The maximum absolute atomic E-state index is 13.6. The molecular formula is C24H25N3O3S. The molecule has 160 valence electrons. The van der Waals surface area contributed by atoms with Gasteiger partial charge in [-0.3, -0.25) is 9.78 Å². The highest BCUT2D eigenvalue weighted by Gasteiger charge is 2.30. The quantitative estimate of drug-likeness (QED) is 0.548. The lowest BCUT2D eigenvalue weighted by Gasteiger charge is -2.20. The van der Waals surface area contributed by atoms with Crippen LogP contribution in [0, 0.1) is 13.8 Å². The van der Waals surface area contributed by atoms with Crippen molar-refractivity contribution in [1.29, 1.82) is 0 Å². The normalized spacial score (nSPS) is 16.2. The second-order valence-corrected chi connectivity index (χ2v) is 9.58. The monoisotopic (exact) mass is 435 g/mol. The number of fused-ring (bicyclic) bond motifs is 1. The van der Waals surface area contributed by atoms with Gasteiger partial charge in [0.15, 0.2) is 0 Å². The zero-order valence-corrected chi connectivity index (χ0v) is 19.0. The fraction of sp³-hybridized carbons (Fsp3) is 0.292. The van der Waals surface area contributed by atoms with Crippen LogP contribution in [0.4, 0.5) is 4.79 Å². The van der Waals surface area contributed by atoms with E-state index < -0.39 is 11.7 Å². The molecule has 0 saturated heterocycles. The van der Waals surface area contributed by atoms with E-state index in [4.69, 9.17) is 4.74 Å². The zero-order chi connectivity index (χ0) is 22.3. The van der Waals surface area contributed by atoms with Crippen LogP contribution in [0.25, 0.3) is 10.9 Å². The average molecular weight is 436 g/mol. The summed E-state index contributed by atoms with van der Waals surface area (Å²) in [7, 11) is 0. The molecule has 3 heterocycles. The van der Waals surface area contributed by atoms with E-state index in [2.05, 4.69) is 10.3 Å². The van der Waals surface area contributed by atoms with Crippen LogP contribution in [-0.2, 0) is 4.74 Å². The Balaban J connectivity index is 1.74. The number of ketones is 1. The van der Waals surface area contributed by atoms with Crippen LogP contribution >= 0.6 is 11.8 Å². The van der Waals surface area contributed by atoms with Gasteiger partial charge in [0.05, 0.1) is 16.8 Å². The van der Waals surface area contributed by atoms with Crippen molar-refractivity contribution in [3.63, 3.8) is 0 Å². The van der Waals surface area contributed by atoms with Crippen LogP contribution in [-0.4, -0.2) is 27.0 Å². The number of hydrogen-bond acceptors (Lipinski definition) is 6. The van der Waals surface area contributed by atoms with Gasteiger partial charge in [0.25, 0.3) is 0 Å². The number of benzene rings is 1. The van der Waals surface area contributed by atoms with E-state index in [1.807, 2.05) is 63.4 Å². The second-order valence-electron chi connectivity index (χ2n) is 8.60. The number of ether oxygens (including phenoxy) is 1. The van der Waals surface area contributed by atoms with Crippen molar-refractivity contribution in [3.8, 4) is 0 Å². The fourth-order valence-corrected chi connectivity index (χ4v) is 4.59. The molecular weight excluding hydrogens is 410 g/mol. The van der Waals surface area contributed by atoms with Crippen molar-refractivity contribution in [1.82, 2.24) is 14.9 Å². The summed E-state index contributed by atoms with van der Waals surface area (Å²) in [5.41, 5.74) is 3.61. The molecule has 0 fully saturated rings. The SMILES string of the molecule is Cc1ccc2c(c1)c(C(=O)C1=CSC(c3cccnc3)N1)c(C)n2C(=O)OC(C)(C)C. The molecule has 0 bridgehead atoms. The molecule has 1 N–H and O–H groups in total. The molecule has 2 aromatic heterocycles. The zero-order valence-electron chi connectivity index (χ0n) is 18.2. The Kier molecular flexibility index (Phi) is 5.39. The number of nitrogens with one attached hydrogen (secondary N) is 1. The lowest BCUT2D eigenvalue weighted by atomic mass is 10.0. The number of hydrogen-bond donors (Lipinski definition) is 1. The first kappa shape index (κ1) is 21.2. The Morgan fingerprint density at radius 2 is 1.97 bits per heavy atom. The molecule has 1 aliphatic heterocycles. The molecule has 6 nitrogen and oxygen atoms in total. The largest absolute Gasteiger partial charge is 0.443 e. The molecule has 3 aromatic rings. The van der Waals surface area contributed by atoms with Crippen molar-refractivity contribution >= 4 is 34.5 Å². The molecule has 0 radical (unpaired) electrons. The Morgan fingerprint density at radius 3 is 2.65 bits per heavy atom. The number of aryl methyl sites for hydroxylation is 1. The van der Waals surface area contributed by atoms with Crippen molar-refractivity contribution < 1.29 is 14.3 Å². The third-order valence-corrected chi connectivity index (χ3v) is 6.04. The molecule has 1 aromatic carbocycles. The van der Waals surface area contributed by atoms with E-state index in [9.17, 15) is 9.59 Å². The second kappa shape index (κ2) is 7.89. The molecule has 0 amide bonds. The molecule has 7 heteroatoms. The van der Waals surface area contributed by atoms with Crippen molar-refractivity contribution in [2.45, 2.75) is 45.6 Å². The van der Waals surface area contributed by atoms with Crippen LogP contribution in [0.3, 0.4) is 0 Å². The van der Waals surface area contributed by atoms with Crippen molar-refractivity contribution in [2.75, 3.05) is 0 Å². The average Bonchev–Trinajstić information content (AvgIpc) is 3.29. The van der Waals surface area contributed by atoms with E-state index in [1.165, 1.54) is 16.3 Å². The minimum absolute atomic E-state index is 0.0751. The predicted octanol–water partition coefficient (Wildman–Crippen LogP) is 5.50. The molecule has 31 heavy (non-hydrogen) atoms. The summed E-state index contributed by atoms with van der Waals surface area (Å²) in [6.07, 6.45) is 3.02. The Bertz CT molecular complexity index is 1210. The van der Waals surface area contributed by atoms with E-state index >= 15 is 0 Å². The molecule has 4 rings (SSSR count). The number of rotatable bonds is 3. The third kappa shape index (κ3) is 4.10. The van der Waals surface area contributed by atoms with Crippen LogP contribution in [0.1, 0.15) is 53.3 Å². The minimum atomic E-state index is -0.641. The molecule has 1 unspecified atom stereocenters. The standard InChI is InChI=1S/C24H25N3O3S/c1-14-8-9-19-17(11-14)20(15(2)27(19)23(29)30-24(3,4)5)21(28)18-13-31-22(26-18)16-7-6-10-25-12-16/h6-13,22,26H,1-5H3. The van der Waals surface area contributed by atoms with Gasteiger partial charge in [-0.2, -0.15) is 0 Å². The minimum Gasteiger partial charge on any atom is -0.443 e. The Hall–Kier alpha value is -3.06. The molecule has 0 saturated carbocycles. The van der Waals surface area contributed by atoms with Gasteiger partial charge in [-0.25, -0.2) is 9.36 Å². The maximum atomic E-state index is 13.6. The molecule has 1 aliphatic rings.